The van der Waals surface area contributed by atoms with Crippen LogP contribution in [0.2, 0.25) is 0 Å². The predicted molar refractivity (Wildman–Crippen MR) is 143 cm³/mol. The van der Waals surface area contributed by atoms with Crippen LogP contribution in [-0.2, 0) is 25.6 Å². The zero-order valence-electron chi connectivity index (χ0n) is 20.4. The fourth-order valence-electron chi connectivity index (χ4n) is 4.77. The Bertz CT molecular complexity index is 1900. The van der Waals surface area contributed by atoms with Crippen LogP contribution in [0.15, 0.2) is 108 Å². The molecule has 0 saturated heterocycles. The average molecular weight is 531 g/mol. The Morgan fingerprint density at radius 1 is 0.632 bits per heavy atom. The van der Waals surface area contributed by atoms with Gasteiger partial charge in [0.15, 0.2) is 11.2 Å². The number of pyridine rings is 2. The SMILES string of the molecule is Cn1nnc2nccc(-c3ccc(-c4ccnc5nc(-c6ccccc6)oc45)c(-c4ccccc4)c3)c21.[V]. The van der Waals surface area contributed by atoms with Crippen LogP contribution in [0, 0.1) is 0 Å². The second kappa shape index (κ2) is 9.70. The number of aromatic nitrogens is 6. The summed E-state index contributed by atoms with van der Waals surface area (Å²) in [6.45, 7) is 0. The third-order valence-electron chi connectivity index (χ3n) is 6.52. The van der Waals surface area contributed by atoms with Gasteiger partial charge < -0.3 is 4.42 Å². The first kappa shape index (κ1) is 23.8. The maximum atomic E-state index is 6.31. The molecule has 0 saturated carbocycles. The molecule has 4 heterocycles. The summed E-state index contributed by atoms with van der Waals surface area (Å²) in [6, 6.07) is 30.7. The molecule has 0 aliphatic heterocycles. The van der Waals surface area contributed by atoms with Crippen molar-refractivity contribution in [2.75, 3.05) is 0 Å². The summed E-state index contributed by atoms with van der Waals surface area (Å²) in [6.07, 6.45) is 3.56. The molecule has 0 spiro atoms. The van der Waals surface area contributed by atoms with E-state index in [0.29, 0.717) is 22.8 Å². The van der Waals surface area contributed by atoms with Crippen LogP contribution in [0.4, 0.5) is 0 Å². The molecule has 1 radical (unpaired) electrons. The van der Waals surface area contributed by atoms with Crippen LogP contribution in [0.25, 0.3) is 67.2 Å². The minimum atomic E-state index is 0. The summed E-state index contributed by atoms with van der Waals surface area (Å²) in [5.74, 6) is 0.552. The summed E-state index contributed by atoms with van der Waals surface area (Å²) in [4.78, 5) is 13.5. The third kappa shape index (κ3) is 3.98. The Labute approximate surface area is 230 Å². The Balaban J connectivity index is 0.00000264. The molecule has 0 unspecified atom stereocenters. The van der Waals surface area contributed by atoms with E-state index < -0.39 is 0 Å². The molecule has 7 aromatic rings. The number of rotatable bonds is 4. The van der Waals surface area contributed by atoms with Crippen molar-refractivity contribution in [3.63, 3.8) is 0 Å². The van der Waals surface area contributed by atoms with Crippen LogP contribution in [-0.4, -0.2) is 29.9 Å². The van der Waals surface area contributed by atoms with E-state index in [0.717, 1.165) is 44.5 Å². The Morgan fingerprint density at radius 3 is 2.08 bits per heavy atom. The van der Waals surface area contributed by atoms with E-state index in [2.05, 4.69) is 55.6 Å². The van der Waals surface area contributed by atoms with Gasteiger partial charge in [0.25, 0.3) is 0 Å². The largest absolute Gasteiger partial charge is 0.434 e. The number of hydrogen-bond donors (Lipinski definition) is 0. The smallest absolute Gasteiger partial charge is 0.228 e. The molecule has 0 N–H and O–H groups in total. The standard InChI is InChI=1S/C30H20N6O.V/c1-36-26-22(14-16-31-28(26)34-35-36)21-12-13-23(25(18-21)19-8-4-2-5-9-19)24-15-17-32-29-27(24)37-30(33-29)20-10-6-3-7-11-20;/h2-18H,1H3;. The van der Waals surface area contributed by atoms with E-state index in [1.165, 1.54) is 0 Å². The third-order valence-corrected chi connectivity index (χ3v) is 6.52. The van der Waals surface area contributed by atoms with Gasteiger partial charge in [-0.2, -0.15) is 4.98 Å². The van der Waals surface area contributed by atoms with Gasteiger partial charge in [-0.3, -0.25) is 0 Å². The predicted octanol–water partition coefficient (Wildman–Crippen LogP) is 6.57. The number of fused-ring (bicyclic) bond motifs is 2. The van der Waals surface area contributed by atoms with Gasteiger partial charge in [-0.15, -0.1) is 5.10 Å². The zero-order chi connectivity index (χ0) is 24.8. The van der Waals surface area contributed by atoms with Crippen LogP contribution in [0.1, 0.15) is 0 Å². The average Bonchev–Trinajstić information content (AvgIpc) is 3.58. The topological polar surface area (TPSA) is 82.5 Å². The van der Waals surface area contributed by atoms with E-state index in [4.69, 9.17) is 4.42 Å². The normalized spacial score (nSPS) is 11.1. The molecule has 7 rings (SSSR count). The molecule has 181 valence electrons. The van der Waals surface area contributed by atoms with E-state index in [9.17, 15) is 0 Å². The number of benzene rings is 3. The van der Waals surface area contributed by atoms with Gasteiger partial charge in [-0.1, -0.05) is 65.9 Å². The number of oxazole rings is 1. The van der Waals surface area contributed by atoms with Gasteiger partial charge in [-0.25, -0.2) is 14.6 Å². The van der Waals surface area contributed by atoms with Crippen molar-refractivity contribution in [3.05, 3.63) is 103 Å². The maximum absolute atomic E-state index is 6.31. The Morgan fingerprint density at radius 2 is 1.32 bits per heavy atom. The van der Waals surface area contributed by atoms with E-state index in [-0.39, 0.29) is 18.6 Å². The van der Waals surface area contributed by atoms with Crippen molar-refractivity contribution in [2.45, 2.75) is 0 Å². The molecule has 0 aliphatic rings. The van der Waals surface area contributed by atoms with Gasteiger partial charge in [0.05, 0.1) is 0 Å². The van der Waals surface area contributed by atoms with E-state index >= 15 is 0 Å². The van der Waals surface area contributed by atoms with Gasteiger partial charge in [0, 0.05) is 54.7 Å². The molecule has 8 heteroatoms. The maximum Gasteiger partial charge on any atom is 0.228 e. The van der Waals surface area contributed by atoms with E-state index in [1.807, 2.05) is 67.7 Å². The van der Waals surface area contributed by atoms with Crippen LogP contribution < -0.4 is 0 Å². The van der Waals surface area contributed by atoms with Crippen molar-refractivity contribution >= 4 is 22.4 Å². The summed E-state index contributed by atoms with van der Waals surface area (Å²) in [5.41, 5.74) is 9.88. The zero-order valence-corrected chi connectivity index (χ0v) is 21.8. The number of aryl methyl sites for hydroxylation is 1. The van der Waals surface area contributed by atoms with Gasteiger partial charge in [0.1, 0.15) is 5.52 Å². The monoisotopic (exact) mass is 531 g/mol. The van der Waals surface area contributed by atoms with Crippen molar-refractivity contribution in [1.29, 1.82) is 0 Å². The molecule has 38 heavy (non-hydrogen) atoms. The quantitative estimate of drug-likeness (QED) is 0.256. The fraction of sp³-hybridized carbons (Fsp3) is 0.0333. The number of nitrogens with zero attached hydrogens (tertiary/aromatic N) is 6. The van der Waals surface area contributed by atoms with Crippen LogP contribution in [0.3, 0.4) is 0 Å². The van der Waals surface area contributed by atoms with Gasteiger partial charge >= 0.3 is 0 Å². The molecule has 4 aromatic heterocycles. The van der Waals surface area contributed by atoms with Crippen LogP contribution in [0.5, 0.6) is 0 Å². The van der Waals surface area contributed by atoms with Crippen molar-refractivity contribution in [2.24, 2.45) is 7.05 Å². The summed E-state index contributed by atoms with van der Waals surface area (Å²) >= 11 is 0. The van der Waals surface area contributed by atoms with Gasteiger partial charge in [-0.05, 0) is 52.6 Å². The first-order chi connectivity index (χ1) is 18.3. The molecule has 7 nitrogen and oxygen atoms in total. The molecule has 0 bridgehead atoms. The molecule has 0 amide bonds. The van der Waals surface area contributed by atoms with Crippen molar-refractivity contribution in [3.8, 4) is 44.8 Å². The number of hydrogen-bond acceptors (Lipinski definition) is 6. The second-order valence-corrected chi connectivity index (χ2v) is 8.77. The van der Waals surface area contributed by atoms with Gasteiger partial charge in [0.2, 0.25) is 11.5 Å². The molecular formula is C30H20N6OV. The first-order valence-corrected chi connectivity index (χ1v) is 11.9. The van der Waals surface area contributed by atoms with Crippen molar-refractivity contribution in [1.82, 2.24) is 29.9 Å². The summed E-state index contributed by atoms with van der Waals surface area (Å²) < 4.78 is 8.07. The minimum Gasteiger partial charge on any atom is -0.434 e. The van der Waals surface area contributed by atoms with Crippen molar-refractivity contribution < 1.29 is 23.0 Å². The molecule has 0 atom stereocenters. The molecular weight excluding hydrogens is 511 g/mol. The first-order valence-electron chi connectivity index (χ1n) is 11.9. The molecule has 3 aromatic carbocycles. The molecule has 0 aliphatic carbocycles. The Kier molecular flexibility index (Phi) is 6.08. The van der Waals surface area contributed by atoms with E-state index in [1.54, 1.807) is 17.1 Å². The summed E-state index contributed by atoms with van der Waals surface area (Å²) in [7, 11) is 1.88. The molecule has 0 fully saturated rings. The second-order valence-electron chi connectivity index (χ2n) is 8.77. The minimum absolute atomic E-state index is 0. The Hall–Kier alpha value is -4.59. The van der Waals surface area contributed by atoms with Crippen LogP contribution >= 0.6 is 0 Å². The summed E-state index contributed by atoms with van der Waals surface area (Å²) in [5, 5.41) is 8.35. The fourth-order valence-corrected chi connectivity index (χ4v) is 4.77.